The fraction of sp³-hybridized carbons (Fsp3) is 0.727. The molecular formula is C11H13Cl2F3O2. The molecule has 0 saturated heterocycles. The SMILES string of the molecule is CC1(OC(=O)C(Cl)=C(Cl)C(F)(F)F)CCCCC1. The van der Waals surface area contributed by atoms with Gasteiger partial charge >= 0.3 is 12.1 Å². The van der Waals surface area contributed by atoms with Crippen LogP contribution < -0.4 is 0 Å². The summed E-state index contributed by atoms with van der Waals surface area (Å²) in [4.78, 5) is 11.5. The van der Waals surface area contributed by atoms with Gasteiger partial charge in [-0.05, 0) is 32.6 Å². The minimum absolute atomic E-state index is 0.618. The van der Waals surface area contributed by atoms with E-state index in [2.05, 4.69) is 0 Å². The van der Waals surface area contributed by atoms with Crippen LogP contribution in [0.5, 0.6) is 0 Å². The van der Waals surface area contributed by atoms with E-state index in [0.29, 0.717) is 12.8 Å². The van der Waals surface area contributed by atoms with E-state index in [1.165, 1.54) is 0 Å². The van der Waals surface area contributed by atoms with E-state index in [0.717, 1.165) is 19.3 Å². The second kappa shape index (κ2) is 5.70. The highest BCUT2D eigenvalue weighted by atomic mass is 35.5. The first kappa shape index (κ1) is 15.6. The maximum Gasteiger partial charge on any atom is 0.428 e. The summed E-state index contributed by atoms with van der Waals surface area (Å²) in [6.45, 7) is 1.69. The zero-order chi connectivity index (χ0) is 14.0. The van der Waals surface area contributed by atoms with Crippen LogP contribution in [-0.2, 0) is 9.53 Å². The van der Waals surface area contributed by atoms with E-state index in [1.807, 2.05) is 0 Å². The largest absolute Gasteiger partial charge is 0.455 e. The molecule has 0 aromatic carbocycles. The van der Waals surface area contributed by atoms with E-state index in [-0.39, 0.29) is 0 Å². The van der Waals surface area contributed by atoms with Crippen LogP contribution in [0.1, 0.15) is 39.0 Å². The molecule has 0 unspecified atom stereocenters. The Kier molecular flexibility index (Phi) is 4.95. The van der Waals surface area contributed by atoms with Crippen molar-refractivity contribution in [3.63, 3.8) is 0 Å². The van der Waals surface area contributed by atoms with Gasteiger partial charge in [0.05, 0.1) is 0 Å². The smallest absolute Gasteiger partial charge is 0.428 e. The van der Waals surface area contributed by atoms with Gasteiger partial charge in [0.25, 0.3) is 0 Å². The van der Waals surface area contributed by atoms with E-state index in [9.17, 15) is 18.0 Å². The van der Waals surface area contributed by atoms with Crippen LogP contribution in [0, 0.1) is 0 Å². The molecular weight excluding hydrogens is 292 g/mol. The summed E-state index contributed by atoms with van der Waals surface area (Å²) in [5.41, 5.74) is -0.752. The lowest BCUT2D eigenvalue weighted by atomic mass is 9.86. The minimum Gasteiger partial charge on any atom is -0.455 e. The summed E-state index contributed by atoms with van der Waals surface area (Å²) in [5.74, 6) is -1.22. The van der Waals surface area contributed by atoms with Crippen LogP contribution in [0.4, 0.5) is 13.2 Å². The number of esters is 1. The van der Waals surface area contributed by atoms with Crippen molar-refractivity contribution >= 4 is 29.2 Å². The number of hydrogen-bond acceptors (Lipinski definition) is 2. The first-order valence-corrected chi connectivity index (χ1v) is 6.27. The maximum atomic E-state index is 12.3. The zero-order valence-electron chi connectivity index (χ0n) is 9.74. The van der Waals surface area contributed by atoms with Crippen molar-refractivity contribution in [1.82, 2.24) is 0 Å². The molecule has 0 atom stereocenters. The molecule has 0 amide bonds. The van der Waals surface area contributed by atoms with E-state index in [1.54, 1.807) is 6.92 Å². The molecule has 104 valence electrons. The van der Waals surface area contributed by atoms with Crippen molar-refractivity contribution in [2.24, 2.45) is 0 Å². The Balaban J connectivity index is 2.76. The molecule has 7 heteroatoms. The van der Waals surface area contributed by atoms with Gasteiger partial charge in [-0.15, -0.1) is 0 Å². The number of halogens is 5. The second-order valence-electron chi connectivity index (χ2n) is 4.53. The summed E-state index contributed by atoms with van der Waals surface area (Å²) < 4.78 is 41.8. The third kappa shape index (κ3) is 4.05. The van der Waals surface area contributed by atoms with Gasteiger partial charge < -0.3 is 4.74 Å². The molecule has 1 aliphatic rings. The van der Waals surface area contributed by atoms with Crippen molar-refractivity contribution < 1.29 is 22.7 Å². The molecule has 2 nitrogen and oxygen atoms in total. The van der Waals surface area contributed by atoms with Crippen LogP contribution in [0.15, 0.2) is 10.1 Å². The lowest BCUT2D eigenvalue weighted by Gasteiger charge is -2.33. The Labute approximate surface area is 113 Å². The van der Waals surface area contributed by atoms with Gasteiger partial charge in [-0.2, -0.15) is 13.2 Å². The van der Waals surface area contributed by atoms with E-state index < -0.39 is 27.8 Å². The minimum atomic E-state index is -4.84. The molecule has 0 spiro atoms. The van der Waals surface area contributed by atoms with Gasteiger partial charge in [0.15, 0.2) is 0 Å². The van der Waals surface area contributed by atoms with Crippen molar-refractivity contribution in [2.45, 2.75) is 50.8 Å². The quantitative estimate of drug-likeness (QED) is 0.554. The number of allylic oxidation sites excluding steroid dienone is 1. The predicted octanol–water partition coefficient (Wildman–Crippen LogP) is 4.50. The molecule has 1 rings (SSSR count). The molecule has 0 bridgehead atoms. The third-order valence-corrected chi connectivity index (χ3v) is 3.71. The highest BCUT2D eigenvalue weighted by molar-refractivity contribution is 6.47. The summed E-state index contributed by atoms with van der Waals surface area (Å²) >= 11 is 10.3. The van der Waals surface area contributed by atoms with Crippen molar-refractivity contribution in [1.29, 1.82) is 0 Å². The Morgan fingerprint density at radius 1 is 1.17 bits per heavy atom. The van der Waals surface area contributed by atoms with Crippen LogP contribution in [0.3, 0.4) is 0 Å². The number of carbonyl (C=O) groups excluding carboxylic acids is 1. The summed E-state index contributed by atoms with van der Waals surface area (Å²) in [7, 11) is 0. The van der Waals surface area contributed by atoms with Crippen LogP contribution in [0.25, 0.3) is 0 Å². The normalized spacial score (nSPS) is 21.2. The predicted molar refractivity (Wildman–Crippen MR) is 62.4 cm³/mol. The molecule has 0 aromatic heterocycles. The highest BCUT2D eigenvalue weighted by Crippen LogP contribution is 2.36. The lowest BCUT2D eigenvalue weighted by Crippen LogP contribution is -2.34. The Bertz CT molecular complexity index is 358. The van der Waals surface area contributed by atoms with Gasteiger partial charge in [0, 0.05) is 0 Å². The van der Waals surface area contributed by atoms with E-state index >= 15 is 0 Å². The number of hydrogen-bond donors (Lipinski definition) is 0. The first-order chi connectivity index (χ1) is 8.16. The summed E-state index contributed by atoms with van der Waals surface area (Å²) in [5, 5.41) is -2.76. The number of ether oxygens (including phenoxy) is 1. The molecule has 18 heavy (non-hydrogen) atoms. The maximum absolute atomic E-state index is 12.3. The topological polar surface area (TPSA) is 26.3 Å². The van der Waals surface area contributed by atoms with Gasteiger partial charge in [0.1, 0.15) is 15.7 Å². The average molecular weight is 305 g/mol. The van der Waals surface area contributed by atoms with Crippen LogP contribution >= 0.6 is 23.2 Å². The van der Waals surface area contributed by atoms with Gasteiger partial charge in [-0.3, -0.25) is 0 Å². The molecule has 1 fully saturated rings. The molecule has 0 N–H and O–H groups in total. The highest BCUT2D eigenvalue weighted by Gasteiger charge is 2.39. The van der Waals surface area contributed by atoms with Gasteiger partial charge in [-0.1, -0.05) is 29.6 Å². The number of carbonyl (C=O) groups is 1. The Morgan fingerprint density at radius 3 is 2.11 bits per heavy atom. The monoisotopic (exact) mass is 304 g/mol. The van der Waals surface area contributed by atoms with E-state index in [4.69, 9.17) is 27.9 Å². The molecule has 0 aromatic rings. The van der Waals surface area contributed by atoms with Crippen LogP contribution in [0.2, 0.25) is 0 Å². The summed E-state index contributed by atoms with van der Waals surface area (Å²) in [6, 6.07) is 0. The molecule has 1 aliphatic carbocycles. The number of alkyl halides is 3. The lowest BCUT2D eigenvalue weighted by molar-refractivity contribution is -0.156. The molecule has 1 saturated carbocycles. The average Bonchev–Trinajstić information content (AvgIpc) is 2.26. The summed E-state index contributed by atoms with van der Waals surface area (Å²) in [6.07, 6.45) is -0.833. The molecule has 0 aliphatic heterocycles. The number of rotatable bonds is 2. The van der Waals surface area contributed by atoms with Crippen molar-refractivity contribution in [3.8, 4) is 0 Å². The second-order valence-corrected chi connectivity index (χ2v) is 5.28. The Morgan fingerprint density at radius 2 is 1.67 bits per heavy atom. The fourth-order valence-electron chi connectivity index (χ4n) is 1.88. The zero-order valence-corrected chi connectivity index (χ0v) is 11.3. The van der Waals surface area contributed by atoms with Gasteiger partial charge in [-0.25, -0.2) is 4.79 Å². The molecule has 0 radical (unpaired) electrons. The van der Waals surface area contributed by atoms with Gasteiger partial charge in [0.2, 0.25) is 0 Å². The van der Waals surface area contributed by atoms with Crippen molar-refractivity contribution in [2.75, 3.05) is 0 Å². The van der Waals surface area contributed by atoms with Crippen LogP contribution in [-0.4, -0.2) is 17.7 Å². The standard InChI is InChI=1S/C11H13Cl2F3O2/c1-10(5-3-2-4-6-10)18-9(17)7(12)8(13)11(14,15)16/h2-6H2,1H3. The molecule has 0 heterocycles. The third-order valence-electron chi connectivity index (χ3n) is 2.87. The fourth-order valence-corrected chi connectivity index (χ4v) is 2.11. The first-order valence-electron chi connectivity index (χ1n) is 5.51. The van der Waals surface area contributed by atoms with Crippen molar-refractivity contribution in [3.05, 3.63) is 10.1 Å². The Hall–Kier alpha value is -0.420.